The van der Waals surface area contributed by atoms with Crippen molar-refractivity contribution < 1.29 is 9.53 Å². The number of ether oxygens (including phenoxy) is 1. The van der Waals surface area contributed by atoms with Crippen molar-refractivity contribution in [2.45, 2.75) is 25.3 Å². The summed E-state index contributed by atoms with van der Waals surface area (Å²) in [4.78, 5) is 18.4. The van der Waals surface area contributed by atoms with E-state index in [1.165, 1.54) is 20.0 Å². The maximum atomic E-state index is 11.5. The number of aromatic nitrogens is 3. The SMILES string of the molecule is COC(=O)c1ccn2nc(CC3CCCN3C)nc2c1. The van der Waals surface area contributed by atoms with E-state index in [0.717, 1.165) is 18.8 Å². The number of carbonyl (C=O) groups excluding carboxylic acids is 1. The fourth-order valence-corrected chi connectivity index (χ4v) is 2.71. The predicted molar refractivity (Wildman–Crippen MR) is 73.7 cm³/mol. The van der Waals surface area contributed by atoms with Gasteiger partial charge in [-0.15, -0.1) is 0 Å². The van der Waals surface area contributed by atoms with Gasteiger partial charge in [0.1, 0.15) is 0 Å². The first-order chi connectivity index (χ1) is 9.67. The van der Waals surface area contributed by atoms with Crippen LogP contribution < -0.4 is 0 Å². The molecule has 1 unspecified atom stereocenters. The largest absolute Gasteiger partial charge is 0.465 e. The average Bonchev–Trinajstić information content (AvgIpc) is 3.03. The van der Waals surface area contributed by atoms with Crippen molar-refractivity contribution in [3.05, 3.63) is 29.7 Å². The minimum Gasteiger partial charge on any atom is -0.465 e. The number of hydrogen-bond acceptors (Lipinski definition) is 5. The van der Waals surface area contributed by atoms with Gasteiger partial charge < -0.3 is 9.64 Å². The van der Waals surface area contributed by atoms with Gasteiger partial charge in [0, 0.05) is 18.7 Å². The molecule has 1 atom stereocenters. The van der Waals surface area contributed by atoms with Crippen LogP contribution in [0.3, 0.4) is 0 Å². The molecule has 3 heterocycles. The lowest BCUT2D eigenvalue weighted by atomic mass is 10.1. The van der Waals surface area contributed by atoms with E-state index in [2.05, 4.69) is 22.0 Å². The summed E-state index contributed by atoms with van der Waals surface area (Å²) in [5, 5.41) is 4.46. The predicted octanol–water partition coefficient (Wildman–Crippen LogP) is 1.15. The molecule has 0 N–H and O–H groups in total. The minimum atomic E-state index is -0.354. The van der Waals surface area contributed by atoms with E-state index < -0.39 is 0 Å². The Labute approximate surface area is 117 Å². The molecule has 1 fully saturated rings. The summed E-state index contributed by atoms with van der Waals surface area (Å²) in [5.74, 6) is 0.471. The Bertz CT molecular complexity index is 637. The van der Waals surface area contributed by atoms with E-state index in [9.17, 15) is 4.79 Å². The molecule has 1 aliphatic rings. The topological polar surface area (TPSA) is 59.7 Å². The summed E-state index contributed by atoms with van der Waals surface area (Å²) in [6, 6.07) is 3.92. The molecule has 0 aliphatic carbocycles. The van der Waals surface area contributed by atoms with Gasteiger partial charge in [0.25, 0.3) is 0 Å². The van der Waals surface area contributed by atoms with E-state index in [0.29, 0.717) is 17.3 Å². The van der Waals surface area contributed by atoms with E-state index in [4.69, 9.17) is 4.74 Å². The number of hydrogen-bond donors (Lipinski definition) is 0. The number of methoxy groups -OCH3 is 1. The van der Waals surface area contributed by atoms with Crippen LogP contribution >= 0.6 is 0 Å². The number of carbonyl (C=O) groups is 1. The summed E-state index contributed by atoms with van der Waals surface area (Å²) < 4.78 is 6.42. The molecule has 106 valence electrons. The normalized spacial score (nSPS) is 19.6. The number of likely N-dealkylation sites (tertiary alicyclic amines) is 1. The van der Waals surface area contributed by atoms with Crippen molar-refractivity contribution in [1.82, 2.24) is 19.5 Å². The summed E-state index contributed by atoms with van der Waals surface area (Å²) >= 11 is 0. The Hall–Kier alpha value is -1.95. The highest BCUT2D eigenvalue weighted by Gasteiger charge is 2.22. The standard InChI is InChI=1S/C14H18N4O2/c1-17-6-3-4-11(17)9-12-15-13-8-10(14(19)20-2)5-7-18(13)16-12/h5,7-8,11H,3-4,6,9H2,1-2H3. The van der Waals surface area contributed by atoms with Crippen LogP contribution in [0.1, 0.15) is 29.0 Å². The molecule has 0 amide bonds. The second-order valence-corrected chi connectivity index (χ2v) is 5.22. The fraction of sp³-hybridized carbons (Fsp3) is 0.500. The van der Waals surface area contributed by atoms with Gasteiger partial charge in [-0.25, -0.2) is 14.3 Å². The van der Waals surface area contributed by atoms with Gasteiger partial charge in [-0.05, 0) is 38.6 Å². The van der Waals surface area contributed by atoms with Crippen LogP contribution in [0.25, 0.3) is 5.65 Å². The number of pyridine rings is 1. The minimum absolute atomic E-state index is 0.354. The van der Waals surface area contributed by atoms with E-state index in [1.807, 2.05) is 0 Å². The third-order valence-corrected chi connectivity index (χ3v) is 3.89. The monoisotopic (exact) mass is 274 g/mol. The molecule has 0 spiro atoms. The van der Waals surface area contributed by atoms with Crippen molar-refractivity contribution in [1.29, 1.82) is 0 Å². The van der Waals surface area contributed by atoms with Gasteiger partial charge in [-0.2, -0.15) is 5.10 Å². The molecule has 0 aromatic carbocycles. The maximum Gasteiger partial charge on any atom is 0.338 e. The molecule has 2 aromatic heterocycles. The van der Waals surface area contributed by atoms with Gasteiger partial charge in [0.15, 0.2) is 11.5 Å². The van der Waals surface area contributed by atoms with Crippen LogP contribution in [0.4, 0.5) is 0 Å². The first-order valence-electron chi connectivity index (χ1n) is 6.81. The van der Waals surface area contributed by atoms with Crippen LogP contribution in [0.15, 0.2) is 18.3 Å². The number of nitrogens with zero attached hydrogens (tertiary/aromatic N) is 4. The van der Waals surface area contributed by atoms with E-state index >= 15 is 0 Å². The van der Waals surface area contributed by atoms with Gasteiger partial charge in [-0.1, -0.05) is 0 Å². The van der Waals surface area contributed by atoms with Crippen molar-refractivity contribution in [2.24, 2.45) is 0 Å². The Morgan fingerprint density at radius 3 is 3.10 bits per heavy atom. The quantitative estimate of drug-likeness (QED) is 0.786. The number of likely N-dealkylation sites (N-methyl/N-ethyl adjacent to an activating group) is 1. The lowest BCUT2D eigenvalue weighted by molar-refractivity contribution is 0.0600. The lowest BCUT2D eigenvalue weighted by Gasteiger charge is -2.17. The van der Waals surface area contributed by atoms with Crippen LogP contribution in [-0.4, -0.2) is 52.2 Å². The van der Waals surface area contributed by atoms with E-state index in [-0.39, 0.29) is 5.97 Å². The molecule has 2 aromatic rings. The second kappa shape index (κ2) is 5.20. The summed E-state index contributed by atoms with van der Waals surface area (Å²) in [7, 11) is 3.51. The summed E-state index contributed by atoms with van der Waals surface area (Å²) in [6.45, 7) is 1.14. The first kappa shape index (κ1) is 13.1. The molecule has 6 heteroatoms. The molecule has 1 saturated heterocycles. The zero-order chi connectivity index (χ0) is 14.1. The average molecular weight is 274 g/mol. The number of esters is 1. The van der Waals surface area contributed by atoms with Crippen LogP contribution in [0, 0.1) is 0 Å². The lowest BCUT2D eigenvalue weighted by Crippen LogP contribution is -2.27. The smallest absolute Gasteiger partial charge is 0.338 e. The molecule has 20 heavy (non-hydrogen) atoms. The molecule has 6 nitrogen and oxygen atoms in total. The number of fused-ring (bicyclic) bond motifs is 1. The maximum absolute atomic E-state index is 11.5. The van der Waals surface area contributed by atoms with Crippen LogP contribution in [0.5, 0.6) is 0 Å². The molecule has 0 bridgehead atoms. The van der Waals surface area contributed by atoms with Gasteiger partial charge >= 0.3 is 5.97 Å². The van der Waals surface area contributed by atoms with Crippen molar-refractivity contribution in [2.75, 3.05) is 20.7 Å². The van der Waals surface area contributed by atoms with Gasteiger partial charge in [0.05, 0.1) is 12.7 Å². The highest BCUT2D eigenvalue weighted by atomic mass is 16.5. The van der Waals surface area contributed by atoms with Crippen molar-refractivity contribution in [3.8, 4) is 0 Å². The van der Waals surface area contributed by atoms with Crippen LogP contribution in [-0.2, 0) is 11.2 Å². The molecule has 0 radical (unpaired) electrons. The summed E-state index contributed by atoms with van der Waals surface area (Å²) in [6.07, 6.45) is 5.03. The highest BCUT2D eigenvalue weighted by Crippen LogP contribution is 2.18. The van der Waals surface area contributed by atoms with Gasteiger partial charge in [0.2, 0.25) is 0 Å². The Morgan fingerprint density at radius 2 is 2.40 bits per heavy atom. The molecule has 0 saturated carbocycles. The van der Waals surface area contributed by atoms with E-state index in [1.54, 1.807) is 22.8 Å². The Morgan fingerprint density at radius 1 is 1.55 bits per heavy atom. The summed E-state index contributed by atoms with van der Waals surface area (Å²) in [5.41, 5.74) is 1.18. The molecular weight excluding hydrogens is 256 g/mol. The second-order valence-electron chi connectivity index (χ2n) is 5.22. The Kier molecular flexibility index (Phi) is 3.40. The van der Waals surface area contributed by atoms with Crippen LogP contribution in [0.2, 0.25) is 0 Å². The van der Waals surface area contributed by atoms with Crippen molar-refractivity contribution >= 4 is 11.6 Å². The molecular formula is C14H18N4O2. The zero-order valence-electron chi connectivity index (χ0n) is 11.7. The molecule has 3 rings (SSSR count). The Balaban J connectivity index is 1.85. The third-order valence-electron chi connectivity index (χ3n) is 3.89. The first-order valence-corrected chi connectivity index (χ1v) is 6.81. The van der Waals surface area contributed by atoms with Gasteiger partial charge in [-0.3, -0.25) is 0 Å². The highest BCUT2D eigenvalue weighted by molar-refractivity contribution is 5.90. The van der Waals surface area contributed by atoms with Crippen molar-refractivity contribution in [3.63, 3.8) is 0 Å². The molecule has 1 aliphatic heterocycles. The third kappa shape index (κ3) is 2.38. The zero-order valence-corrected chi connectivity index (χ0v) is 11.7. The fourth-order valence-electron chi connectivity index (χ4n) is 2.71. The number of rotatable bonds is 3.